The van der Waals surface area contributed by atoms with Gasteiger partial charge in [-0.25, -0.2) is 0 Å². The molecule has 3 heteroatoms. The van der Waals surface area contributed by atoms with Gasteiger partial charge in [0, 0.05) is 10.6 Å². The normalized spacial score (nSPS) is 8.36. The van der Waals surface area contributed by atoms with Crippen LogP contribution in [0.2, 0.25) is 0 Å². The summed E-state index contributed by atoms with van der Waals surface area (Å²) in [5.41, 5.74) is 9.69. The van der Waals surface area contributed by atoms with Gasteiger partial charge >= 0.3 is 0 Å². The summed E-state index contributed by atoms with van der Waals surface area (Å²) in [5, 5.41) is 3.45. The third kappa shape index (κ3) is 1.85. The highest BCUT2D eigenvalue weighted by Crippen LogP contribution is 2.14. The standard InChI is InChI=1S/C8H7N3/c1-2-7-4-3-5-8(6-7)10-11-9/h2-6H,1H2. The second-order valence-corrected chi connectivity index (χ2v) is 1.99. The summed E-state index contributed by atoms with van der Waals surface area (Å²) >= 11 is 0. The largest absolute Gasteiger partial charge is 0.0985 e. The first-order chi connectivity index (χ1) is 5.36. The van der Waals surface area contributed by atoms with E-state index in [2.05, 4.69) is 16.6 Å². The Bertz CT molecular complexity index is 311. The van der Waals surface area contributed by atoms with Crippen LogP contribution in [0.25, 0.3) is 16.5 Å². The van der Waals surface area contributed by atoms with Crippen LogP contribution < -0.4 is 0 Å². The van der Waals surface area contributed by atoms with Gasteiger partial charge in [0.15, 0.2) is 0 Å². The molecule has 0 saturated carbocycles. The lowest BCUT2D eigenvalue weighted by atomic mass is 10.2. The topological polar surface area (TPSA) is 48.8 Å². The minimum Gasteiger partial charge on any atom is -0.0985 e. The van der Waals surface area contributed by atoms with Crippen LogP contribution in [-0.2, 0) is 0 Å². The zero-order valence-electron chi connectivity index (χ0n) is 5.94. The highest BCUT2D eigenvalue weighted by molar-refractivity contribution is 5.53. The first kappa shape index (κ1) is 7.38. The van der Waals surface area contributed by atoms with Gasteiger partial charge in [-0.15, -0.1) is 0 Å². The predicted octanol–water partition coefficient (Wildman–Crippen LogP) is 3.27. The average Bonchev–Trinajstić information content (AvgIpc) is 2.06. The summed E-state index contributed by atoms with van der Waals surface area (Å²) in [5.74, 6) is 0. The van der Waals surface area contributed by atoms with E-state index in [9.17, 15) is 0 Å². The first-order valence-corrected chi connectivity index (χ1v) is 3.14. The van der Waals surface area contributed by atoms with Crippen LogP contribution in [0.5, 0.6) is 0 Å². The average molecular weight is 145 g/mol. The van der Waals surface area contributed by atoms with E-state index < -0.39 is 0 Å². The second-order valence-electron chi connectivity index (χ2n) is 1.99. The van der Waals surface area contributed by atoms with Crippen LogP contribution >= 0.6 is 0 Å². The van der Waals surface area contributed by atoms with Crippen LogP contribution in [0.3, 0.4) is 0 Å². The Morgan fingerprint density at radius 3 is 3.00 bits per heavy atom. The van der Waals surface area contributed by atoms with Crippen molar-refractivity contribution in [2.45, 2.75) is 0 Å². The summed E-state index contributed by atoms with van der Waals surface area (Å²) in [6.45, 7) is 3.60. The predicted molar refractivity (Wildman–Crippen MR) is 45.3 cm³/mol. The molecule has 0 aliphatic heterocycles. The lowest BCUT2D eigenvalue weighted by Crippen LogP contribution is -1.67. The van der Waals surface area contributed by atoms with Crippen LogP contribution in [-0.4, -0.2) is 0 Å². The summed E-state index contributed by atoms with van der Waals surface area (Å²) in [6, 6.07) is 7.23. The van der Waals surface area contributed by atoms with Gasteiger partial charge in [0.25, 0.3) is 0 Å². The molecule has 0 fully saturated rings. The molecule has 0 N–H and O–H groups in total. The van der Waals surface area contributed by atoms with Gasteiger partial charge in [-0.3, -0.25) is 0 Å². The van der Waals surface area contributed by atoms with Crippen molar-refractivity contribution >= 4 is 11.8 Å². The summed E-state index contributed by atoms with van der Waals surface area (Å²) in [6.07, 6.45) is 1.70. The lowest BCUT2D eigenvalue weighted by Gasteiger charge is -1.92. The quantitative estimate of drug-likeness (QED) is 0.348. The summed E-state index contributed by atoms with van der Waals surface area (Å²) in [4.78, 5) is 2.67. The third-order valence-corrected chi connectivity index (χ3v) is 1.27. The molecule has 11 heavy (non-hydrogen) atoms. The van der Waals surface area contributed by atoms with Crippen molar-refractivity contribution in [3.05, 3.63) is 46.9 Å². The van der Waals surface area contributed by atoms with E-state index >= 15 is 0 Å². The molecule has 0 aliphatic carbocycles. The second kappa shape index (κ2) is 3.44. The molecule has 0 saturated heterocycles. The van der Waals surface area contributed by atoms with Crippen molar-refractivity contribution in [2.24, 2.45) is 5.11 Å². The Balaban J connectivity index is 3.09. The van der Waals surface area contributed by atoms with Crippen LogP contribution in [0.15, 0.2) is 36.0 Å². The van der Waals surface area contributed by atoms with E-state index in [1.807, 2.05) is 12.1 Å². The van der Waals surface area contributed by atoms with Gasteiger partial charge in [0.05, 0.1) is 0 Å². The van der Waals surface area contributed by atoms with Crippen molar-refractivity contribution in [1.29, 1.82) is 0 Å². The number of rotatable bonds is 2. The maximum Gasteiger partial charge on any atom is 0.0381 e. The van der Waals surface area contributed by atoms with E-state index in [0.717, 1.165) is 5.56 Å². The van der Waals surface area contributed by atoms with Crippen LogP contribution in [0.1, 0.15) is 5.56 Å². The minimum atomic E-state index is 0.616. The Labute approximate surface area is 64.6 Å². The molecule has 0 bridgehead atoms. The third-order valence-electron chi connectivity index (χ3n) is 1.27. The van der Waals surface area contributed by atoms with Crippen molar-refractivity contribution in [1.82, 2.24) is 0 Å². The van der Waals surface area contributed by atoms with E-state index in [-0.39, 0.29) is 0 Å². The molecule has 1 aromatic rings. The molecule has 0 heterocycles. The zero-order valence-corrected chi connectivity index (χ0v) is 5.94. The fourth-order valence-electron chi connectivity index (χ4n) is 0.766. The number of hydrogen-bond donors (Lipinski definition) is 0. The Morgan fingerprint density at radius 2 is 2.36 bits per heavy atom. The summed E-state index contributed by atoms with van der Waals surface area (Å²) < 4.78 is 0. The van der Waals surface area contributed by atoms with Crippen LogP contribution in [0, 0.1) is 0 Å². The molecule has 3 nitrogen and oxygen atoms in total. The maximum atomic E-state index is 8.12. The lowest BCUT2D eigenvalue weighted by molar-refractivity contribution is 1.47. The van der Waals surface area contributed by atoms with E-state index in [0.29, 0.717) is 5.69 Å². The molecule has 1 aromatic carbocycles. The van der Waals surface area contributed by atoms with Gasteiger partial charge in [-0.1, -0.05) is 36.0 Å². The number of hydrogen-bond acceptors (Lipinski definition) is 1. The fraction of sp³-hybridized carbons (Fsp3) is 0. The van der Waals surface area contributed by atoms with Gasteiger partial charge in [0.1, 0.15) is 0 Å². The van der Waals surface area contributed by atoms with Gasteiger partial charge < -0.3 is 0 Å². The SMILES string of the molecule is C=Cc1cccc(N=[N+]=[N-])c1. The number of azide groups is 1. The zero-order chi connectivity index (χ0) is 8.10. The molecule has 0 atom stereocenters. The monoisotopic (exact) mass is 145 g/mol. The molecule has 0 unspecified atom stereocenters. The molecule has 0 radical (unpaired) electrons. The first-order valence-electron chi connectivity index (χ1n) is 3.14. The molecule has 1 rings (SSSR count). The Morgan fingerprint density at radius 1 is 1.55 bits per heavy atom. The fourth-order valence-corrected chi connectivity index (χ4v) is 0.766. The highest BCUT2D eigenvalue weighted by Gasteiger charge is 1.87. The van der Waals surface area contributed by atoms with Crippen LogP contribution in [0.4, 0.5) is 5.69 Å². The smallest absolute Gasteiger partial charge is 0.0381 e. The van der Waals surface area contributed by atoms with Crippen molar-refractivity contribution in [3.63, 3.8) is 0 Å². The maximum absolute atomic E-state index is 8.12. The molecule has 0 aliphatic rings. The molecule has 0 spiro atoms. The van der Waals surface area contributed by atoms with Gasteiger partial charge in [0.2, 0.25) is 0 Å². The Kier molecular flexibility index (Phi) is 2.31. The molecule has 0 aromatic heterocycles. The molecular weight excluding hydrogens is 138 g/mol. The van der Waals surface area contributed by atoms with Crippen molar-refractivity contribution < 1.29 is 0 Å². The highest BCUT2D eigenvalue weighted by atomic mass is 15.1. The minimum absolute atomic E-state index is 0.616. The molecule has 54 valence electrons. The van der Waals surface area contributed by atoms with Crippen molar-refractivity contribution in [2.75, 3.05) is 0 Å². The number of nitrogens with zero attached hydrogens (tertiary/aromatic N) is 3. The summed E-state index contributed by atoms with van der Waals surface area (Å²) in [7, 11) is 0. The molecule has 0 amide bonds. The number of benzene rings is 1. The van der Waals surface area contributed by atoms with Gasteiger partial charge in [-0.05, 0) is 17.2 Å². The van der Waals surface area contributed by atoms with Crippen molar-refractivity contribution in [3.8, 4) is 0 Å². The van der Waals surface area contributed by atoms with Gasteiger partial charge in [-0.2, -0.15) is 0 Å². The van der Waals surface area contributed by atoms with E-state index in [1.54, 1.807) is 18.2 Å². The Hall–Kier alpha value is -1.73. The van der Waals surface area contributed by atoms with E-state index in [1.165, 1.54) is 0 Å². The molecular formula is C8H7N3. The van der Waals surface area contributed by atoms with E-state index in [4.69, 9.17) is 5.53 Å².